The van der Waals surface area contributed by atoms with E-state index in [1.54, 1.807) is 26.0 Å². The van der Waals surface area contributed by atoms with E-state index in [1.807, 2.05) is 0 Å². The highest BCUT2D eigenvalue weighted by Crippen LogP contribution is 2.30. The molecule has 0 saturated heterocycles. The second-order valence-electron chi connectivity index (χ2n) is 4.43. The maximum absolute atomic E-state index is 12.1. The molecule has 0 bridgehead atoms. The van der Waals surface area contributed by atoms with Crippen LogP contribution in [-0.2, 0) is 4.79 Å². The summed E-state index contributed by atoms with van der Waals surface area (Å²) in [6.45, 7) is 4.69. The smallest absolute Gasteiger partial charge is 0.336 e. The Hall–Kier alpha value is -2.43. The first-order valence-electron chi connectivity index (χ1n) is 6.23. The number of ether oxygens (including phenoxy) is 1. The van der Waals surface area contributed by atoms with Gasteiger partial charge in [0, 0.05) is 24.8 Å². The maximum atomic E-state index is 12.1. The van der Waals surface area contributed by atoms with Crippen LogP contribution in [0.4, 0.5) is 0 Å². The topological polar surface area (TPSA) is 73.6 Å². The number of aryl methyl sites for hydroxylation is 1. The molecular formula is C15H14O5. The molecule has 0 spiro atoms. The van der Waals surface area contributed by atoms with E-state index in [0.717, 1.165) is 0 Å². The molecule has 1 aromatic carbocycles. The zero-order valence-corrected chi connectivity index (χ0v) is 11.5. The highest BCUT2D eigenvalue weighted by molar-refractivity contribution is 6.09. The van der Waals surface area contributed by atoms with Gasteiger partial charge in [0.05, 0.1) is 0 Å². The van der Waals surface area contributed by atoms with Crippen LogP contribution in [0.15, 0.2) is 27.4 Å². The molecule has 0 aliphatic carbocycles. The second-order valence-corrected chi connectivity index (χ2v) is 4.43. The normalized spacial score (nSPS) is 10.6. The van der Waals surface area contributed by atoms with E-state index in [-0.39, 0.29) is 29.1 Å². The molecule has 2 rings (SSSR count). The van der Waals surface area contributed by atoms with Gasteiger partial charge in [-0.3, -0.25) is 9.59 Å². The highest BCUT2D eigenvalue weighted by atomic mass is 16.5. The van der Waals surface area contributed by atoms with Crippen molar-refractivity contribution in [3.63, 3.8) is 0 Å². The lowest BCUT2D eigenvalue weighted by Crippen LogP contribution is -2.09. The molecule has 104 valence electrons. The molecule has 5 heteroatoms. The van der Waals surface area contributed by atoms with Gasteiger partial charge in [0.15, 0.2) is 11.4 Å². The zero-order chi connectivity index (χ0) is 14.9. The van der Waals surface area contributed by atoms with Crippen LogP contribution in [0.2, 0.25) is 0 Å². The van der Waals surface area contributed by atoms with Gasteiger partial charge >= 0.3 is 11.6 Å². The number of carbonyl (C=O) groups is 2. The Balaban J connectivity index is 2.86. The van der Waals surface area contributed by atoms with Crippen LogP contribution in [0.5, 0.6) is 5.75 Å². The summed E-state index contributed by atoms with van der Waals surface area (Å²) >= 11 is 0. The molecule has 0 unspecified atom stereocenters. The number of benzene rings is 1. The van der Waals surface area contributed by atoms with Crippen LogP contribution in [0.25, 0.3) is 11.0 Å². The Morgan fingerprint density at radius 2 is 2.00 bits per heavy atom. The van der Waals surface area contributed by atoms with Gasteiger partial charge in [0.25, 0.3) is 0 Å². The summed E-state index contributed by atoms with van der Waals surface area (Å²) in [6, 6.07) is 4.56. The fourth-order valence-electron chi connectivity index (χ4n) is 2.05. The third kappa shape index (κ3) is 2.47. The second kappa shape index (κ2) is 5.28. The monoisotopic (exact) mass is 274 g/mol. The summed E-state index contributed by atoms with van der Waals surface area (Å²) < 4.78 is 10.2. The Morgan fingerprint density at radius 1 is 1.30 bits per heavy atom. The van der Waals surface area contributed by atoms with Crippen molar-refractivity contribution in [2.75, 3.05) is 0 Å². The first-order valence-corrected chi connectivity index (χ1v) is 6.23. The van der Waals surface area contributed by atoms with Gasteiger partial charge in [-0.1, -0.05) is 6.92 Å². The van der Waals surface area contributed by atoms with E-state index in [2.05, 4.69) is 0 Å². The standard InChI is InChI=1S/C15H14O5/c1-4-11(17)14-12(19-9(3)16)6-5-10-8(2)7-13(18)20-15(10)14/h5-7H,4H2,1-3H3. The van der Waals surface area contributed by atoms with E-state index in [1.165, 1.54) is 13.0 Å². The number of ketones is 1. The largest absolute Gasteiger partial charge is 0.426 e. The average Bonchev–Trinajstić information content (AvgIpc) is 2.36. The molecule has 2 aromatic rings. The molecule has 1 aromatic heterocycles. The molecule has 20 heavy (non-hydrogen) atoms. The van der Waals surface area contributed by atoms with Crippen LogP contribution < -0.4 is 10.4 Å². The quantitative estimate of drug-likeness (QED) is 0.372. The number of fused-ring (bicyclic) bond motifs is 1. The van der Waals surface area contributed by atoms with Crippen LogP contribution in [0, 0.1) is 6.92 Å². The zero-order valence-electron chi connectivity index (χ0n) is 11.5. The summed E-state index contributed by atoms with van der Waals surface area (Å²) in [7, 11) is 0. The van der Waals surface area contributed by atoms with Crippen molar-refractivity contribution >= 4 is 22.7 Å². The fraction of sp³-hybridized carbons (Fsp3) is 0.267. The van der Waals surface area contributed by atoms with Crippen LogP contribution in [0.1, 0.15) is 36.2 Å². The molecule has 0 amide bonds. The van der Waals surface area contributed by atoms with Crippen molar-refractivity contribution in [2.24, 2.45) is 0 Å². The number of hydrogen-bond acceptors (Lipinski definition) is 5. The van der Waals surface area contributed by atoms with Crippen molar-refractivity contribution in [1.29, 1.82) is 0 Å². The minimum Gasteiger partial charge on any atom is -0.426 e. The van der Waals surface area contributed by atoms with Crippen LogP contribution in [-0.4, -0.2) is 11.8 Å². The lowest BCUT2D eigenvalue weighted by molar-refractivity contribution is -0.131. The average molecular weight is 274 g/mol. The summed E-state index contributed by atoms with van der Waals surface area (Å²) in [4.78, 5) is 34.7. The number of hydrogen-bond donors (Lipinski definition) is 0. The van der Waals surface area contributed by atoms with Crippen LogP contribution >= 0.6 is 0 Å². The Labute approximate surface area is 115 Å². The summed E-state index contributed by atoms with van der Waals surface area (Å²) in [5.74, 6) is -0.671. The minimum atomic E-state index is -0.542. The van der Waals surface area contributed by atoms with Crippen molar-refractivity contribution < 1.29 is 18.7 Å². The number of carbonyl (C=O) groups excluding carboxylic acids is 2. The first-order chi connectivity index (χ1) is 9.43. The highest BCUT2D eigenvalue weighted by Gasteiger charge is 2.19. The van der Waals surface area contributed by atoms with E-state index in [4.69, 9.17) is 9.15 Å². The van der Waals surface area contributed by atoms with Crippen molar-refractivity contribution in [3.8, 4) is 5.75 Å². The lowest BCUT2D eigenvalue weighted by atomic mass is 10.0. The third-order valence-electron chi connectivity index (χ3n) is 2.93. The first kappa shape index (κ1) is 14.0. The lowest BCUT2D eigenvalue weighted by Gasteiger charge is -2.10. The fourth-order valence-corrected chi connectivity index (χ4v) is 2.05. The third-order valence-corrected chi connectivity index (χ3v) is 2.93. The maximum Gasteiger partial charge on any atom is 0.336 e. The predicted molar refractivity (Wildman–Crippen MR) is 73.2 cm³/mol. The van der Waals surface area contributed by atoms with Crippen molar-refractivity contribution in [2.45, 2.75) is 27.2 Å². The van der Waals surface area contributed by atoms with Crippen molar-refractivity contribution in [3.05, 3.63) is 39.7 Å². The molecule has 0 radical (unpaired) electrons. The molecule has 0 atom stereocenters. The van der Waals surface area contributed by atoms with Gasteiger partial charge in [-0.2, -0.15) is 0 Å². The van der Waals surface area contributed by atoms with Gasteiger partial charge in [0.1, 0.15) is 11.3 Å². The van der Waals surface area contributed by atoms with Gasteiger partial charge in [-0.05, 0) is 24.6 Å². The Bertz CT molecular complexity index is 755. The SMILES string of the molecule is CCC(=O)c1c(OC(C)=O)ccc2c(C)cc(=O)oc12. The predicted octanol–water partition coefficient (Wildman–Crippen LogP) is 2.62. The van der Waals surface area contributed by atoms with Gasteiger partial charge in [0.2, 0.25) is 0 Å². The molecule has 0 fully saturated rings. The van der Waals surface area contributed by atoms with Crippen molar-refractivity contribution in [1.82, 2.24) is 0 Å². The Morgan fingerprint density at radius 3 is 2.60 bits per heavy atom. The van der Waals surface area contributed by atoms with E-state index >= 15 is 0 Å². The minimum absolute atomic E-state index is 0.116. The van der Waals surface area contributed by atoms with Gasteiger partial charge in [-0.25, -0.2) is 4.79 Å². The molecule has 5 nitrogen and oxygen atoms in total. The van der Waals surface area contributed by atoms with E-state index in [0.29, 0.717) is 10.9 Å². The van der Waals surface area contributed by atoms with E-state index < -0.39 is 11.6 Å². The van der Waals surface area contributed by atoms with Gasteiger partial charge < -0.3 is 9.15 Å². The van der Waals surface area contributed by atoms with Crippen LogP contribution in [0.3, 0.4) is 0 Å². The summed E-state index contributed by atoms with van der Waals surface area (Å²) in [5.41, 5.74) is 0.470. The Kier molecular flexibility index (Phi) is 3.70. The molecule has 0 N–H and O–H groups in total. The van der Waals surface area contributed by atoms with Gasteiger partial charge in [-0.15, -0.1) is 0 Å². The number of esters is 1. The molecular weight excluding hydrogens is 260 g/mol. The number of Topliss-reactive ketones (excluding diaryl/α,β-unsaturated/α-hetero) is 1. The molecule has 0 aliphatic rings. The number of rotatable bonds is 3. The molecule has 1 heterocycles. The summed E-state index contributed by atoms with van der Waals surface area (Å²) in [5, 5.41) is 0.650. The molecule has 0 aliphatic heterocycles. The van der Waals surface area contributed by atoms with E-state index in [9.17, 15) is 14.4 Å². The molecule has 0 saturated carbocycles. The summed E-state index contributed by atoms with van der Waals surface area (Å²) in [6.07, 6.45) is 0.213.